The van der Waals surface area contributed by atoms with Crippen LogP contribution >= 0.6 is 0 Å². The number of carbonyl (C=O) groups excluding carboxylic acids is 1. The molecule has 0 spiro atoms. The average molecular weight is 224 g/mol. The second kappa shape index (κ2) is 6.79. The molecule has 0 aliphatic rings. The summed E-state index contributed by atoms with van der Waals surface area (Å²) in [4.78, 5) is 24.9. The summed E-state index contributed by atoms with van der Waals surface area (Å²) in [7, 11) is 0. The molecular formula is C11H16N2O3. The van der Waals surface area contributed by atoms with Crippen LogP contribution < -0.4 is 10.9 Å². The second-order valence-electron chi connectivity index (χ2n) is 3.25. The number of H-pyrrole nitrogens is 1. The number of hydrogen-bond donors (Lipinski definition) is 2. The van der Waals surface area contributed by atoms with Crippen molar-refractivity contribution in [3.8, 4) is 0 Å². The molecule has 1 rings (SSSR count). The molecule has 2 N–H and O–H groups in total. The van der Waals surface area contributed by atoms with Crippen LogP contribution in [0.2, 0.25) is 0 Å². The topological polar surface area (TPSA) is 71.2 Å². The molecule has 0 bridgehead atoms. The summed E-state index contributed by atoms with van der Waals surface area (Å²) in [5.74, 6) is -0.234. The fourth-order valence-electron chi connectivity index (χ4n) is 1.21. The highest BCUT2D eigenvalue weighted by Crippen LogP contribution is 1.92. The maximum Gasteiger partial charge on any atom is 0.251 e. The van der Waals surface area contributed by atoms with Crippen LogP contribution in [0.4, 0.5) is 0 Å². The van der Waals surface area contributed by atoms with Gasteiger partial charge in [-0.25, -0.2) is 0 Å². The van der Waals surface area contributed by atoms with Gasteiger partial charge in [-0.1, -0.05) is 0 Å². The predicted molar refractivity (Wildman–Crippen MR) is 60.5 cm³/mol. The lowest BCUT2D eigenvalue weighted by molar-refractivity contribution is 0.0944. The minimum Gasteiger partial charge on any atom is -0.382 e. The third kappa shape index (κ3) is 4.27. The van der Waals surface area contributed by atoms with E-state index in [4.69, 9.17) is 4.74 Å². The van der Waals surface area contributed by atoms with Crippen LogP contribution in [0, 0.1) is 0 Å². The number of aromatic amines is 1. The maximum atomic E-state index is 11.5. The zero-order valence-electron chi connectivity index (χ0n) is 9.29. The van der Waals surface area contributed by atoms with Crippen LogP contribution in [-0.2, 0) is 4.74 Å². The number of amides is 1. The summed E-state index contributed by atoms with van der Waals surface area (Å²) in [5.41, 5.74) is 0.0992. The third-order valence-corrected chi connectivity index (χ3v) is 1.99. The van der Waals surface area contributed by atoms with Crippen molar-refractivity contribution < 1.29 is 9.53 Å². The minimum atomic E-state index is -0.276. The fraction of sp³-hybridized carbons (Fsp3) is 0.455. The lowest BCUT2D eigenvalue weighted by Crippen LogP contribution is -2.26. The van der Waals surface area contributed by atoms with Crippen molar-refractivity contribution in [2.75, 3.05) is 19.8 Å². The molecule has 0 atom stereocenters. The molecule has 0 fully saturated rings. The summed E-state index contributed by atoms with van der Waals surface area (Å²) < 4.78 is 5.13. The van der Waals surface area contributed by atoms with E-state index in [2.05, 4.69) is 10.3 Å². The van der Waals surface area contributed by atoms with Gasteiger partial charge in [0.1, 0.15) is 0 Å². The fourth-order valence-corrected chi connectivity index (χ4v) is 1.21. The Labute approximate surface area is 93.8 Å². The van der Waals surface area contributed by atoms with Gasteiger partial charge in [0.05, 0.1) is 0 Å². The molecule has 0 aliphatic heterocycles. The first kappa shape index (κ1) is 12.4. The van der Waals surface area contributed by atoms with Gasteiger partial charge in [-0.3, -0.25) is 9.59 Å². The highest BCUT2D eigenvalue weighted by molar-refractivity contribution is 5.93. The molecule has 1 aromatic heterocycles. The standard InChI is InChI=1S/C11H16N2O3/c1-2-16-7-3-5-13-11(15)9-4-6-12-10(14)8-9/h4,6,8H,2-3,5,7H2,1H3,(H,12,14)(H,13,15). The van der Waals surface area contributed by atoms with Gasteiger partial charge in [-0.2, -0.15) is 0 Å². The summed E-state index contributed by atoms with van der Waals surface area (Å²) >= 11 is 0. The Kier molecular flexibility index (Phi) is 5.28. The zero-order valence-corrected chi connectivity index (χ0v) is 9.29. The van der Waals surface area contributed by atoms with E-state index in [1.165, 1.54) is 12.3 Å². The molecule has 5 heteroatoms. The predicted octanol–water partition coefficient (Wildman–Crippen LogP) is 0.531. The van der Waals surface area contributed by atoms with Crippen LogP contribution in [0.3, 0.4) is 0 Å². The highest BCUT2D eigenvalue weighted by Gasteiger charge is 2.04. The number of hydrogen-bond acceptors (Lipinski definition) is 3. The first-order valence-electron chi connectivity index (χ1n) is 5.28. The van der Waals surface area contributed by atoms with Crippen molar-refractivity contribution in [1.82, 2.24) is 10.3 Å². The van der Waals surface area contributed by atoms with Crippen LogP contribution in [0.5, 0.6) is 0 Å². The Morgan fingerprint density at radius 3 is 3.06 bits per heavy atom. The highest BCUT2D eigenvalue weighted by atomic mass is 16.5. The first-order valence-corrected chi connectivity index (χ1v) is 5.28. The molecule has 1 heterocycles. The monoisotopic (exact) mass is 224 g/mol. The molecule has 5 nitrogen and oxygen atoms in total. The Hall–Kier alpha value is -1.62. The van der Waals surface area contributed by atoms with Gasteiger partial charge in [0.15, 0.2) is 0 Å². The molecule has 1 aromatic rings. The largest absolute Gasteiger partial charge is 0.382 e. The molecule has 88 valence electrons. The lowest BCUT2D eigenvalue weighted by Gasteiger charge is -2.04. The smallest absolute Gasteiger partial charge is 0.251 e. The average Bonchev–Trinajstić information content (AvgIpc) is 2.28. The molecule has 0 aliphatic carbocycles. The van der Waals surface area contributed by atoms with E-state index in [0.29, 0.717) is 25.3 Å². The van der Waals surface area contributed by atoms with Gasteiger partial charge in [0.25, 0.3) is 5.91 Å². The zero-order chi connectivity index (χ0) is 11.8. The number of nitrogens with one attached hydrogen (secondary N) is 2. The van der Waals surface area contributed by atoms with E-state index in [1.54, 1.807) is 6.07 Å². The van der Waals surface area contributed by atoms with E-state index < -0.39 is 0 Å². The summed E-state index contributed by atoms with van der Waals surface area (Å²) in [6.07, 6.45) is 2.22. The summed E-state index contributed by atoms with van der Waals surface area (Å²) in [6.45, 7) is 3.79. The number of rotatable bonds is 6. The molecule has 0 unspecified atom stereocenters. The molecule has 0 aromatic carbocycles. The third-order valence-electron chi connectivity index (χ3n) is 1.99. The van der Waals surface area contributed by atoms with Crippen LogP contribution in [0.15, 0.2) is 23.1 Å². The quantitative estimate of drug-likeness (QED) is 0.692. The maximum absolute atomic E-state index is 11.5. The van der Waals surface area contributed by atoms with E-state index in [1.807, 2.05) is 6.92 Å². The van der Waals surface area contributed by atoms with Gasteiger partial charge in [0.2, 0.25) is 5.56 Å². The van der Waals surface area contributed by atoms with E-state index >= 15 is 0 Å². The Morgan fingerprint density at radius 1 is 1.56 bits per heavy atom. The van der Waals surface area contributed by atoms with Gasteiger partial charge >= 0.3 is 0 Å². The van der Waals surface area contributed by atoms with Crippen LogP contribution in [0.25, 0.3) is 0 Å². The lowest BCUT2D eigenvalue weighted by atomic mass is 10.2. The summed E-state index contributed by atoms with van der Waals surface area (Å²) in [6, 6.07) is 2.84. The molecule has 0 saturated carbocycles. The number of carbonyl (C=O) groups is 1. The minimum absolute atomic E-state index is 0.234. The van der Waals surface area contributed by atoms with E-state index in [0.717, 1.165) is 6.42 Å². The van der Waals surface area contributed by atoms with Gasteiger partial charge in [-0.05, 0) is 19.4 Å². The Balaban J connectivity index is 2.33. The number of pyridine rings is 1. The molecule has 0 radical (unpaired) electrons. The van der Waals surface area contributed by atoms with Crippen molar-refractivity contribution in [2.24, 2.45) is 0 Å². The molecule has 16 heavy (non-hydrogen) atoms. The van der Waals surface area contributed by atoms with Crippen molar-refractivity contribution in [2.45, 2.75) is 13.3 Å². The van der Waals surface area contributed by atoms with Crippen molar-refractivity contribution >= 4 is 5.91 Å². The van der Waals surface area contributed by atoms with Gasteiger partial charge in [0, 0.05) is 37.6 Å². The van der Waals surface area contributed by atoms with E-state index in [-0.39, 0.29) is 11.5 Å². The van der Waals surface area contributed by atoms with Crippen molar-refractivity contribution in [3.05, 3.63) is 34.2 Å². The van der Waals surface area contributed by atoms with Crippen molar-refractivity contribution in [3.63, 3.8) is 0 Å². The van der Waals surface area contributed by atoms with Crippen LogP contribution in [-0.4, -0.2) is 30.6 Å². The SMILES string of the molecule is CCOCCCNC(=O)c1cc[nH]c(=O)c1. The molecular weight excluding hydrogens is 208 g/mol. The number of ether oxygens (including phenoxy) is 1. The number of aromatic nitrogens is 1. The first-order chi connectivity index (χ1) is 7.74. The Morgan fingerprint density at radius 2 is 2.38 bits per heavy atom. The molecule has 0 saturated heterocycles. The Bertz CT molecular complexity index is 387. The van der Waals surface area contributed by atoms with Crippen molar-refractivity contribution in [1.29, 1.82) is 0 Å². The second-order valence-corrected chi connectivity index (χ2v) is 3.25. The normalized spacial score (nSPS) is 10.1. The van der Waals surface area contributed by atoms with Crippen LogP contribution in [0.1, 0.15) is 23.7 Å². The van der Waals surface area contributed by atoms with E-state index in [9.17, 15) is 9.59 Å². The van der Waals surface area contributed by atoms with Gasteiger partial charge < -0.3 is 15.0 Å². The molecule has 1 amide bonds. The van der Waals surface area contributed by atoms with Gasteiger partial charge in [-0.15, -0.1) is 0 Å². The summed E-state index contributed by atoms with van der Waals surface area (Å²) in [5, 5.41) is 2.71.